The first-order valence-electron chi connectivity index (χ1n) is 11.0. The van der Waals surface area contributed by atoms with Crippen LogP contribution in [-0.2, 0) is 6.61 Å². The predicted octanol–water partition coefficient (Wildman–Crippen LogP) is 5.53. The van der Waals surface area contributed by atoms with E-state index < -0.39 is 0 Å². The molecule has 6 heteroatoms. The van der Waals surface area contributed by atoms with Crippen LogP contribution < -0.4 is 14.9 Å². The normalized spacial score (nSPS) is 11.2. The van der Waals surface area contributed by atoms with E-state index in [1.165, 1.54) is 5.56 Å². The first-order chi connectivity index (χ1) is 16.5. The lowest BCUT2D eigenvalue weighted by atomic mass is 10.1. The zero-order valence-electron chi connectivity index (χ0n) is 19.5. The summed E-state index contributed by atoms with van der Waals surface area (Å²) in [5, 5.41) is 4.27. The number of aromatic nitrogens is 1. The molecule has 1 heterocycles. The molecular formula is C28H27N3O3. The van der Waals surface area contributed by atoms with Crippen LogP contribution >= 0.6 is 0 Å². The van der Waals surface area contributed by atoms with Gasteiger partial charge in [0.25, 0.3) is 5.91 Å². The maximum absolute atomic E-state index is 12.5. The Morgan fingerprint density at radius 1 is 0.912 bits per heavy atom. The van der Waals surface area contributed by atoms with Crippen molar-refractivity contribution in [2.45, 2.75) is 20.5 Å². The monoisotopic (exact) mass is 453 g/mol. The minimum atomic E-state index is -0.274. The molecule has 0 saturated carbocycles. The molecule has 0 atom stereocenters. The molecule has 0 aliphatic rings. The molecule has 1 amide bonds. The number of carbonyl (C=O) groups excluding carboxylic acids is 1. The third-order valence-corrected chi connectivity index (χ3v) is 5.58. The molecule has 0 fully saturated rings. The van der Waals surface area contributed by atoms with E-state index in [0.717, 1.165) is 16.8 Å². The Balaban J connectivity index is 1.41. The highest BCUT2D eigenvalue weighted by molar-refractivity contribution is 6.01. The molecule has 0 aliphatic carbocycles. The van der Waals surface area contributed by atoms with Crippen molar-refractivity contribution >= 4 is 11.6 Å². The van der Waals surface area contributed by atoms with E-state index in [2.05, 4.69) is 23.5 Å². The van der Waals surface area contributed by atoms with Crippen LogP contribution in [0.1, 0.15) is 34.0 Å². The van der Waals surface area contributed by atoms with Gasteiger partial charge in [-0.3, -0.25) is 4.79 Å². The number of rotatable bonds is 8. The fourth-order valence-corrected chi connectivity index (χ4v) is 3.49. The first kappa shape index (κ1) is 22.9. The SMILES string of the molecule is COc1cc(/C(C)=N/NC(=O)c2ccc(-n3cccc3)cc2)ccc1OCc1ccccc1C. The number of hydrazone groups is 1. The van der Waals surface area contributed by atoms with Crippen molar-refractivity contribution in [3.05, 3.63) is 114 Å². The first-order valence-corrected chi connectivity index (χ1v) is 11.0. The number of benzene rings is 3. The Morgan fingerprint density at radius 2 is 1.62 bits per heavy atom. The van der Waals surface area contributed by atoms with Crippen LogP contribution in [0.4, 0.5) is 0 Å². The molecule has 0 aliphatic heterocycles. The molecule has 6 nitrogen and oxygen atoms in total. The number of ether oxygens (including phenoxy) is 2. The average molecular weight is 454 g/mol. The fourth-order valence-electron chi connectivity index (χ4n) is 3.49. The van der Waals surface area contributed by atoms with Crippen LogP contribution in [0, 0.1) is 6.92 Å². The van der Waals surface area contributed by atoms with Gasteiger partial charge in [-0.25, -0.2) is 5.43 Å². The lowest BCUT2D eigenvalue weighted by Gasteiger charge is -2.13. The largest absolute Gasteiger partial charge is 0.493 e. The van der Waals surface area contributed by atoms with E-state index in [4.69, 9.17) is 9.47 Å². The molecule has 4 aromatic rings. The second-order valence-electron chi connectivity index (χ2n) is 7.86. The number of nitrogens with one attached hydrogen (secondary N) is 1. The lowest BCUT2D eigenvalue weighted by Crippen LogP contribution is -2.19. The Labute approximate surface area is 199 Å². The highest BCUT2D eigenvalue weighted by atomic mass is 16.5. The minimum Gasteiger partial charge on any atom is -0.493 e. The van der Waals surface area contributed by atoms with E-state index in [1.807, 2.05) is 84.5 Å². The summed E-state index contributed by atoms with van der Waals surface area (Å²) in [7, 11) is 1.60. The van der Waals surface area contributed by atoms with Crippen LogP contribution in [0.25, 0.3) is 5.69 Å². The summed E-state index contributed by atoms with van der Waals surface area (Å²) in [4.78, 5) is 12.5. The highest BCUT2D eigenvalue weighted by Crippen LogP contribution is 2.29. The van der Waals surface area contributed by atoms with Gasteiger partial charge in [-0.15, -0.1) is 0 Å². The van der Waals surface area contributed by atoms with Crippen molar-refractivity contribution in [2.75, 3.05) is 7.11 Å². The maximum atomic E-state index is 12.5. The van der Waals surface area contributed by atoms with Gasteiger partial charge in [-0.05, 0) is 79.6 Å². The van der Waals surface area contributed by atoms with Gasteiger partial charge in [0.2, 0.25) is 0 Å². The zero-order valence-corrected chi connectivity index (χ0v) is 19.5. The number of methoxy groups -OCH3 is 1. The Kier molecular flexibility index (Phi) is 7.08. The summed E-state index contributed by atoms with van der Waals surface area (Å²) in [5.41, 5.74) is 7.92. The number of hydrogen-bond acceptors (Lipinski definition) is 4. The van der Waals surface area contributed by atoms with Crippen molar-refractivity contribution in [3.8, 4) is 17.2 Å². The molecule has 1 aromatic heterocycles. The van der Waals surface area contributed by atoms with Crippen LogP contribution in [0.3, 0.4) is 0 Å². The van der Waals surface area contributed by atoms with Crippen LogP contribution in [0.5, 0.6) is 11.5 Å². The van der Waals surface area contributed by atoms with Crippen molar-refractivity contribution in [1.29, 1.82) is 0 Å². The molecule has 0 saturated heterocycles. The number of aryl methyl sites for hydroxylation is 1. The van der Waals surface area contributed by atoms with Crippen molar-refractivity contribution < 1.29 is 14.3 Å². The van der Waals surface area contributed by atoms with Gasteiger partial charge in [-0.1, -0.05) is 24.3 Å². The molecule has 0 unspecified atom stereocenters. The minimum absolute atomic E-state index is 0.274. The van der Waals surface area contributed by atoms with Gasteiger partial charge < -0.3 is 14.0 Å². The summed E-state index contributed by atoms with van der Waals surface area (Å²) < 4.78 is 13.5. The smallest absolute Gasteiger partial charge is 0.271 e. The number of amides is 1. The highest BCUT2D eigenvalue weighted by Gasteiger charge is 2.10. The van der Waals surface area contributed by atoms with Gasteiger partial charge in [0.15, 0.2) is 11.5 Å². The summed E-state index contributed by atoms with van der Waals surface area (Å²) >= 11 is 0. The number of carbonyl (C=O) groups is 1. The summed E-state index contributed by atoms with van der Waals surface area (Å²) in [6.07, 6.45) is 3.91. The van der Waals surface area contributed by atoms with E-state index >= 15 is 0 Å². The van der Waals surface area contributed by atoms with Crippen molar-refractivity contribution in [2.24, 2.45) is 5.10 Å². The fraction of sp³-hybridized carbons (Fsp3) is 0.143. The molecule has 3 aromatic carbocycles. The molecule has 1 N–H and O–H groups in total. The summed E-state index contributed by atoms with van der Waals surface area (Å²) in [6, 6.07) is 25.0. The summed E-state index contributed by atoms with van der Waals surface area (Å²) in [5.74, 6) is 0.977. The molecule has 172 valence electrons. The van der Waals surface area contributed by atoms with E-state index in [9.17, 15) is 4.79 Å². The molecule has 0 bridgehead atoms. The quantitative estimate of drug-likeness (QED) is 0.282. The van der Waals surface area contributed by atoms with E-state index in [1.54, 1.807) is 19.2 Å². The van der Waals surface area contributed by atoms with E-state index in [-0.39, 0.29) is 5.91 Å². The Bertz CT molecular complexity index is 1290. The molecule has 34 heavy (non-hydrogen) atoms. The van der Waals surface area contributed by atoms with Crippen molar-refractivity contribution in [3.63, 3.8) is 0 Å². The van der Waals surface area contributed by atoms with Crippen LogP contribution in [0.2, 0.25) is 0 Å². The van der Waals surface area contributed by atoms with E-state index in [0.29, 0.717) is 29.4 Å². The van der Waals surface area contributed by atoms with Gasteiger partial charge in [0, 0.05) is 29.2 Å². The molecule has 0 spiro atoms. The van der Waals surface area contributed by atoms with Gasteiger partial charge in [-0.2, -0.15) is 5.10 Å². The molecular weight excluding hydrogens is 426 g/mol. The third-order valence-electron chi connectivity index (χ3n) is 5.58. The predicted molar refractivity (Wildman–Crippen MR) is 134 cm³/mol. The van der Waals surface area contributed by atoms with Gasteiger partial charge >= 0.3 is 0 Å². The van der Waals surface area contributed by atoms with Gasteiger partial charge in [0.1, 0.15) is 6.61 Å². The zero-order chi connectivity index (χ0) is 23.9. The van der Waals surface area contributed by atoms with Crippen LogP contribution in [0.15, 0.2) is 96.4 Å². The second kappa shape index (κ2) is 10.5. The molecule has 4 rings (SSSR count). The second-order valence-corrected chi connectivity index (χ2v) is 7.86. The molecule has 0 radical (unpaired) electrons. The topological polar surface area (TPSA) is 64.8 Å². The number of hydrogen-bond donors (Lipinski definition) is 1. The Morgan fingerprint density at radius 3 is 2.32 bits per heavy atom. The van der Waals surface area contributed by atoms with Crippen molar-refractivity contribution in [1.82, 2.24) is 9.99 Å². The summed E-state index contributed by atoms with van der Waals surface area (Å²) in [6.45, 7) is 4.34. The number of nitrogens with zero attached hydrogens (tertiary/aromatic N) is 2. The maximum Gasteiger partial charge on any atom is 0.271 e. The Hall–Kier alpha value is -4.32. The standard InChI is InChI=1S/C28H27N3O3/c1-20-8-4-5-9-24(20)19-34-26-15-12-23(18-27(26)33-3)21(2)29-30-28(32)22-10-13-25(14-11-22)31-16-6-7-17-31/h4-18H,19H2,1-3H3,(H,30,32)/b29-21+. The lowest BCUT2D eigenvalue weighted by molar-refractivity contribution is 0.0955. The third kappa shape index (κ3) is 5.35. The average Bonchev–Trinajstić information content (AvgIpc) is 3.42. The van der Waals surface area contributed by atoms with Gasteiger partial charge in [0.05, 0.1) is 12.8 Å². The van der Waals surface area contributed by atoms with Crippen LogP contribution in [-0.4, -0.2) is 23.3 Å².